The van der Waals surface area contributed by atoms with E-state index in [-0.39, 0.29) is 23.3 Å². The van der Waals surface area contributed by atoms with Gasteiger partial charge in [-0.2, -0.15) is 0 Å². The molecule has 1 saturated heterocycles. The second-order valence-electron chi connectivity index (χ2n) is 5.49. The SMILES string of the molecule is CCOc1ccccc1NC1CC(=O)N(c2ccc(Cl)cc2Cl)C1=O. The number of imide groups is 1. The van der Waals surface area contributed by atoms with Gasteiger partial charge in [-0.05, 0) is 37.3 Å². The molecule has 0 bridgehead atoms. The Hall–Kier alpha value is -2.24. The monoisotopic (exact) mass is 378 g/mol. The number of para-hydroxylation sites is 2. The average Bonchev–Trinajstić information content (AvgIpc) is 2.84. The highest BCUT2D eigenvalue weighted by Crippen LogP contribution is 2.34. The zero-order valence-electron chi connectivity index (χ0n) is 13.5. The maximum Gasteiger partial charge on any atom is 0.256 e. The fraction of sp³-hybridized carbons (Fsp3) is 0.222. The minimum Gasteiger partial charge on any atom is -0.492 e. The van der Waals surface area contributed by atoms with Crippen molar-refractivity contribution in [1.29, 1.82) is 0 Å². The van der Waals surface area contributed by atoms with Crippen LogP contribution in [-0.2, 0) is 9.59 Å². The minimum absolute atomic E-state index is 0.0399. The quantitative estimate of drug-likeness (QED) is 0.794. The van der Waals surface area contributed by atoms with Gasteiger partial charge >= 0.3 is 0 Å². The summed E-state index contributed by atoms with van der Waals surface area (Å²) in [5.41, 5.74) is 1.00. The standard InChI is InChI=1S/C18H16Cl2N2O3/c1-2-25-16-6-4-3-5-13(16)21-14-10-17(23)22(18(14)24)15-8-7-11(19)9-12(15)20/h3-9,14,21H,2,10H2,1H3. The van der Waals surface area contributed by atoms with Gasteiger partial charge in [-0.25, -0.2) is 4.90 Å². The van der Waals surface area contributed by atoms with E-state index in [0.717, 1.165) is 4.90 Å². The van der Waals surface area contributed by atoms with Gasteiger partial charge in [0.15, 0.2) is 0 Å². The lowest BCUT2D eigenvalue weighted by Gasteiger charge is -2.18. The second-order valence-corrected chi connectivity index (χ2v) is 6.34. The van der Waals surface area contributed by atoms with Crippen LogP contribution in [-0.4, -0.2) is 24.5 Å². The van der Waals surface area contributed by atoms with E-state index < -0.39 is 6.04 Å². The molecule has 1 heterocycles. The van der Waals surface area contributed by atoms with Crippen LogP contribution < -0.4 is 15.0 Å². The van der Waals surface area contributed by atoms with Gasteiger partial charge in [-0.15, -0.1) is 0 Å². The van der Waals surface area contributed by atoms with Crippen LogP contribution in [0.15, 0.2) is 42.5 Å². The number of rotatable bonds is 5. The zero-order chi connectivity index (χ0) is 18.0. The normalized spacial score (nSPS) is 17.1. The molecule has 1 N–H and O–H groups in total. The first-order chi connectivity index (χ1) is 12.0. The number of anilines is 2. The van der Waals surface area contributed by atoms with E-state index in [0.29, 0.717) is 28.8 Å². The summed E-state index contributed by atoms with van der Waals surface area (Å²) in [5, 5.41) is 3.79. The maximum atomic E-state index is 12.7. The van der Waals surface area contributed by atoms with Crippen LogP contribution in [0.4, 0.5) is 11.4 Å². The summed E-state index contributed by atoms with van der Waals surface area (Å²) in [5.74, 6) is -0.0469. The van der Waals surface area contributed by atoms with E-state index in [9.17, 15) is 9.59 Å². The van der Waals surface area contributed by atoms with Crippen molar-refractivity contribution >= 4 is 46.4 Å². The van der Waals surface area contributed by atoms with E-state index in [1.54, 1.807) is 24.3 Å². The number of amides is 2. The molecule has 2 aromatic rings. The van der Waals surface area contributed by atoms with Gasteiger partial charge in [-0.3, -0.25) is 9.59 Å². The number of hydrogen-bond donors (Lipinski definition) is 1. The van der Waals surface area contributed by atoms with E-state index >= 15 is 0 Å². The van der Waals surface area contributed by atoms with Gasteiger partial charge in [0.2, 0.25) is 5.91 Å². The van der Waals surface area contributed by atoms with E-state index in [4.69, 9.17) is 27.9 Å². The summed E-state index contributed by atoms with van der Waals surface area (Å²) in [4.78, 5) is 26.2. The molecule has 7 heteroatoms. The van der Waals surface area contributed by atoms with E-state index in [1.165, 1.54) is 6.07 Å². The number of carbonyl (C=O) groups is 2. The highest BCUT2D eigenvalue weighted by atomic mass is 35.5. The topological polar surface area (TPSA) is 58.6 Å². The highest BCUT2D eigenvalue weighted by molar-refractivity contribution is 6.38. The fourth-order valence-electron chi connectivity index (χ4n) is 2.72. The molecule has 1 unspecified atom stereocenters. The molecule has 0 aliphatic carbocycles. The lowest BCUT2D eigenvalue weighted by molar-refractivity contribution is -0.121. The van der Waals surface area contributed by atoms with Gasteiger partial charge < -0.3 is 10.1 Å². The Kier molecular flexibility index (Phi) is 5.16. The molecule has 0 saturated carbocycles. The molecule has 5 nitrogen and oxygen atoms in total. The number of benzene rings is 2. The molecule has 1 fully saturated rings. The molecule has 2 aromatic carbocycles. The van der Waals surface area contributed by atoms with Crippen LogP contribution in [0, 0.1) is 0 Å². The first-order valence-electron chi connectivity index (χ1n) is 7.81. The Morgan fingerprint density at radius 2 is 1.96 bits per heavy atom. The van der Waals surface area contributed by atoms with Gasteiger partial charge in [0.05, 0.1) is 29.4 Å². The maximum absolute atomic E-state index is 12.7. The number of ether oxygens (including phenoxy) is 1. The summed E-state index contributed by atoms with van der Waals surface area (Å²) in [6.45, 7) is 2.38. The Morgan fingerprint density at radius 3 is 2.68 bits per heavy atom. The number of carbonyl (C=O) groups excluding carboxylic acids is 2. The molecule has 1 aliphatic rings. The molecule has 0 radical (unpaired) electrons. The first kappa shape index (κ1) is 17.6. The number of nitrogens with one attached hydrogen (secondary N) is 1. The smallest absolute Gasteiger partial charge is 0.256 e. The molecular weight excluding hydrogens is 363 g/mol. The fourth-order valence-corrected chi connectivity index (χ4v) is 3.21. The number of nitrogens with zero attached hydrogens (tertiary/aromatic N) is 1. The van der Waals surface area contributed by atoms with Gasteiger partial charge in [0, 0.05) is 5.02 Å². The Labute approximate surface area is 155 Å². The molecule has 3 rings (SSSR count). The lowest BCUT2D eigenvalue weighted by Crippen LogP contribution is -2.35. The second kappa shape index (κ2) is 7.33. The molecule has 1 aliphatic heterocycles. The molecule has 2 amide bonds. The molecule has 1 atom stereocenters. The predicted molar refractivity (Wildman–Crippen MR) is 98.6 cm³/mol. The largest absolute Gasteiger partial charge is 0.492 e. The Bertz CT molecular complexity index is 826. The van der Waals surface area contributed by atoms with Crippen molar-refractivity contribution in [3.63, 3.8) is 0 Å². The van der Waals surface area contributed by atoms with Crippen LogP contribution >= 0.6 is 23.2 Å². The lowest BCUT2D eigenvalue weighted by atomic mass is 10.2. The summed E-state index contributed by atoms with van der Waals surface area (Å²) >= 11 is 12.0. The third-order valence-electron chi connectivity index (χ3n) is 3.81. The van der Waals surface area contributed by atoms with E-state index in [1.807, 2.05) is 19.1 Å². The molecular formula is C18H16Cl2N2O3. The summed E-state index contributed by atoms with van der Waals surface area (Å²) in [7, 11) is 0. The van der Waals surface area contributed by atoms with Gasteiger partial charge in [0.1, 0.15) is 11.8 Å². The molecule has 25 heavy (non-hydrogen) atoms. The highest BCUT2D eigenvalue weighted by Gasteiger charge is 2.40. The zero-order valence-corrected chi connectivity index (χ0v) is 15.0. The van der Waals surface area contributed by atoms with Crippen molar-refractivity contribution < 1.29 is 14.3 Å². The third kappa shape index (κ3) is 3.57. The van der Waals surface area contributed by atoms with E-state index in [2.05, 4.69) is 5.32 Å². The van der Waals surface area contributed by atoms with Crippen LogP contribution in [0.2, 0.25) is 10.0 Å². The summed E-state index contributed by atoms with van der Waals surface area (Å²) < 4.78 is 5.55. The Balaban J connectivity index is 1.84. The molecule has 0 aromatic heterocycles. The van der Waals surface area contributed by atoms with Crippen molar-refractivity contribution in [2.24, 2.45) is 0 Å². The first-order valence-corrected chi connectivity index (χ1v) is 8.57. The predicted octanol–water partition coefficient (Wildman–Crippen LogP) is 4.14. The van der Waals surface area contributed by atoms with Gasteiger partial charge in [-0.1, -0.05) is 35.3 Å². The van der Waals surface area contributed by atoms with Crippen LogP contribution in [0.1, 0.15) is 13.3 Å². The van der Waals surface area contributed by atoms with Crippen molar-refractivity contribution in [3.05, 3.63) is 52.5 Å². The van der Waals surface area contributed by atoms with Crippen LogP contribution in [0.3, 0.4) is 0 Å². The molecule has 130 valence electrons. The van der Waals surface area contributed by atoms with Crippen molar-refractivity contribution in [3.8, 4) is 5.75 Å². The van der Waals surface area contributed by atoms with Crippen molar-refractivity contribution in [2.45, 2.75) is 19.4 Å². The molecule has 0 spiro atoms. The minimum atomic E-state index is -0.680. The number of hydrogen-bond acceptors (Lipinski definition) is 4. The summed E-state index contributed by atoms with van der Waals surface area (Å²) in [6, 6.07) is 11.3. The number of halogens is 2. The third-order valence-corrected chi connectivity index (χ3v) is 4.35. The summed E-state index contributed by atoms with van der Waals surface area (Å²) in [6.07, 6.45) is 0.0399. The van der Waals surface area contributed by atoms with Crippen molar-refractivity contribution in [1.82, 2.24) is 0 Å². The van der Waals surface area contributed by atoms with Crippen molar-refractivity contribution in [2.75, 3.05) is 16.8 Å². The Morgan fingerprint density at radius 1 is 1.20 bits per heavy atom. The van der Waals surface area contributed by atoms with Gasteiger partial charge in [0.25, 0.3) is 5.91 Å². The van der Waals surface area contributed by atoms with Crippen LogP contribution in [0.25, 0.3) is 0 Å². The van der Waals surface area contributed by atoms with Crippen LogP contribution in [0.5, 0.6) is 5.75 Å². The average molecular weight is 379 g/mol.